The highest BCUT2D eigenvalue weighted by atomic mass is 16.8. The average Bonchev–Trinajstić information content (AvgIpc) is 2.84. The summed E-state index contributed by atoms with van der Waals surface area (Å²) in [5.41, 5.74) is 0.521. The van der Waals surface area contributed by atoms with Gasteiger partial charge in [-0.15, -0.1) is 0 Å². The summed E-state index contributed by atoms with van der Waals surface area (Å²) >= 11 is 0. The van der Waals surface area contributed by atoms with Crippen LogP contribution in [0.4, 0.5) is 0 Å². The largest absolute Gasteiger partial charge is 0.508 e. The number of aliphatic hydroxyl groups is 3. The lowest BCUT2D eigenvalue weighted by molar-refractivity contribution is -0.350. The van der Waals surface area contributed by atoms with Gasteiger partial charge in [0, 0.05) is 6.42 Å². The maximum absolute atomic E-state index is 12.9. The molecule has 1 aliphatic carbocycles. The molecule has 0 radical (unpaired) electrons. The summed E-state index contributed by atoms with van der Waals surface area (Å²) in [6.07, 6.45) is 1.16. The number of rotatable bonds is 13. The molecule has 0 saturated carbocycles. The molecule has 7 N–H and O–H groups in total. The van der Waals surface area contributed by atoms with Crippen molar-refractivity contribution in [2.45, 2.75) is 31.0 Å². The molecule has 3 rings (SSSR count). The summed E-state index contributed by atoms with van der Waals surface area (Å²) < 4.78 is 15.7. The molecule has 3 atom stereocenters. The Balaban J connectivity index is 1.61. The van der Waals surface area contributed by atoms with Gasteiger partial charge >= 0.3 is 17.9 Å². The van der Waals surface area contributed by atoms with Crippen LogP contribution in [0.1, 0.15) is 24.2 Å². The van der Waals surface area contributed by atoms with Crippen molar-refractivity contribution in [1.29, 1.82) is 0 Å². The smallest absolute Gasteiger partial charge is 0.307 e. The van der Waals surface area contributed by atoms with Gasteiger partial charge in [0.2, 0.25) is 0 Å². The Hall–Kier alpha value is -4.08. The lowest BCUT2D eigenvalue weighted by atomic mass is 9.86. The van der Waals surface area contributed by atoms with Gasteiger partial charge in [-0.3, -0.25) is 19.2 Å². The van der Waals surface area contributed by atoms with Crippen LogP contribution in [0.5, 0.6) is 5.75 Å². The van der Waals surface area contributed by atoms with Crippen LogP contribution >= 0.6 is 0 Å². The summed E-state index contributed by atoms with van der Waals surface area (Å²) in [6, 6.07) is 5.90. The molecule has 1 aromatic heterocycles. The van der Waals surface area contributed by atoms with E-state index in [1.165, 1.54) is 42.7 Å². The molecule has 0 fully saturated rings. The molecule has 1 aromatic carbocycles. The quantitative estimate of drug-likeness (QED) is 0.130. The Morgan fingerprint density at radius 3 is 2.26 bits per heavy atom. The van der Waals surface area contributed by atoms with Crippen molar-refractivity contribution in [3.05, 3.63) is 58.2 Å². The number of fused-ring (bicyclic) bond motifs is 1. The van der Waals surface area contributed by atoms with Gasteiger partial charge in [-0.1, -0.05) is 12.1 Å². The summed E-state index contributed by atoms with van der Waals surface area (Å²) in [4.78, 5) is 46.6. The van der Waals surface area contributed by atoms with E-state index in [-0.39, 0.29) is 34.5 Å². The minimum absolute atomic E-state index is 0.0242. The van der Waals surface area contributed by atoms with Crippen molar-refractivity contribution < 1.29 is 64.0 Å². The van der Waals surface area contributed by atoms with E-state index in [0.29, 0.717) is 5.56 Å². The summed E-state index contributed by atoms with van der Waals surface area (Å²) in [5, 5.41) is 67.5. The van der Waals surface area contributed by atoms with E-state index >= 15 is 0 Å². The standard InChI is InChI=1S/C25H26O14/c26-14-3-1-13(2-4-14)18-12-37-19-11-24(34,6-5-15(19)21(18)29)38-7-8-39-25(35,36)10-17(23(32)33)16(22(30)31)9-20(27)28/h1-6,12,16-17,26,34-36H,7-11H2,(H,27,28)(H,30,31)(H,32,33). The number of phenolic OH excluding ortho intramolecular Hbond substituents is 1. The van der Waals surface area contributed by atoms with E-state index in [9.17, 15) is 49.8 Å². The number of aliphatic carboxylic acids is 3. The molecule has 0 amide bonds. The molecular weight excluding hydrogens is 524 g/mol. The van der Waals surface area contributed by atoms with Crippen molar-refractivity contribution in [2.75, 3.05) is 13.2 Å². The number of aromatic hydroxyl groups is 1. The molecule has 0 spiro atoms. The van der Waals surface area contributed by atoms with Crippen molar-refractivity contribution in [3.8, 4) is 16.9 Å². The number of hydrogen-bond donors (Lipinski definition) is 7. The zero-order valence-corrected chi connectivity index (χ0v) is 20.2. The Labute approximate surface area is 219 Å². The molecule has 14 nitrogen and oxygen atoms in total. The van der Waals surface area contributed by atoms with Gasteiger partial charge in [-0.2, -0.15) is 0 Å². The molecule has 14 heteroatoms. The molecule has 0 saturated heterocycles. The first-order chi connectivity index (χ1) is 18.2. The fraction of sp³-hybridized carbons (Fsp3) is 0.360. The average molecular weight is 550 g/mol. The van der Waals surface area contributed by atoms with Crippen LogP contribution in [0, 0.1) is 11.8 Å². The van der Waals surface area contributed by atoms with Gasteiger partial charge < -0.3 is 49.6 Å². The van der Waals surface area contributed by atoms with E-state index in [0.717, 1.165) is 0 Å². The second-order valence-electron chi connectivity index (χ2n) is 8.85. The number of carbonyl (C=O) groups is 3. The SMILES string of the molecule is O=C(O)CC(C(=O)O)C(CC(O)(O)OCCOC1(O)C=Cc2c(occ(-c3ccc(O)cc3)c2=O)C1)C(=O)O. The number of carboxylic acids is 3. The Kier molecular flexibility index (Phi) is 8.88. The summed E-state index contributed by atoms with van der Waals surface area (Å²) in [5.74, 6) is -14.1. The van der Waals surface area contributed by atoms with Gasteiger partial charge in [0.15, 0.2) is 11.2 Å². The number of carboxylic acid groups (broad SMARTS) is 3. The van der Waals surface area contributed by atoms with Crippen LogP contribution in [0.2, 0.25) is 0 Å². The topological polar surface area (TPSA) is 241 Å². The second kappa shape index (κ2) is 11.8. The lowest BCUT2D eigenvalue weighted by Gasteiger charge is -2.30. The highest BCUT2D eigenvalue weighted by Gasteiger charge is 2.42. The molecule has 0 aliphatic heterocycles. The fourth-order valence-electron chi connectivity index (χ4n) is 4.03. The zero-order valence-electron chi connectivity index (χ0n) is 20.2. The van der Waals surface area contributed by atoms with E-state index < -0.39 is 67.6 Å². The highest BCUT2D eigenvalue weighted by Crippen LogP contribution is 2.29. The number of phenols is 1. The first kappa shape index (κ1) is 29.5. The van der Waals surface area contributed by atoms with Crippen molar-refractivity contribution in [2.24, 2.45) is 11.8 Å². The van der Waals surface area contributed by atoms with E-state index in [1.807, 2.05) is 0 Å². The third kappa shape index (κ3) is 7.49. The predicted molar refractivity (Wildman–Crippen MR) is 128 cm³/mol. The molecule has 3 unspecified atom stereocenters. The monoisotopic (exact) mass is 550 g/mol. The van der Waals surface area contributed by atoms with Gasteiger partial charge in [0.05, 0.1) is 49.0 Å². The second-order valence-corrected chi connectivity index (χ2v) is 8.85. The Morgan fingerprint density at radius 2 is 1.67 bits per heavy atom. The van der Waals surface area contributed by atoms with E-state index in [1.54, 1.807) is 0 Å². The normalized spacial score (nSPS) is 18.2. The maximum Gasteiger partial charge on any atom is 0.307 e. The highest BCUT2D eigenvalue weighted by molar-refractivity contribution is 5.83. The van der Waals surface area contributed by atoms with Crippen LogP contribution < -0.4 is 5.43 Å². The zero-order chi connectivity index (χ0) is 29.0. The maximum atomic E-state index is 12.9. The third-order valence-electron chi connectivity index (χ3n) is 5.98. The molecule has 39 heavy (non-hydrogen) atoms. The van der Waals surface area contributed by atoms with Gasteiger partial charge in [0.1, 0.15) is 17.8 Å². The van der Waals surface area contributed by atoms with Crippen molar-refractivity contribution in [1.82, 2.24) is 0 Å². The Bertz CT molecular complexity index is 1310. The summed E-state index contributed by atoms with van der Waals surface area (Å²) in [7, 11) is 0. The molecule has 1 aliphatic rings. The molecule has 2 aromatic rings. The Morgan fingerprint density at radius 1 is 1.03 bits per heavy atom. The van der Waals surface area contributed by atoms with Crippen LogP contribution in [0.25, 0.3) is 17.2 Å². The minimum atomic E-state index is -3.16. The lowest BCUT2D eigenvalue weighted by Crippen LogP contribution is -2.42. The number of benzene rings is 1. The molecule has 0 bridgehead atoms. The number of ether oxygens (including phenoxy) is 2. The van der Waals surface area contributed by atoms with Crippen molar-refractivity contribution in [3.63, 3.8) is 0 Å². The van der Waals surface area contributed by atoms with Crippen LogP contribution in [0.15, 0.2) is 45.8 Å². The van der Waals surface area contributed by atoms with Gasteiger partial charge in [-0.05, 0) is 29.8 Å². The van der Waals surface area contributed by atoms with Crippen LogP contribution in [-0.4, -0.2) is 78.6 Å². The van der Waals surface area contributed by atoms with Crippen LogP contribution in [-0.2, 0) is 30.3 Å². The van der Waals surface area contributed by atoms with E-state index in [4.69, 9.17) is 19.0 Å². The van der Waals surface area contributed by atoms with Gasteiger partial charge in [0.25, 0.3) is 5.97 Å². The van der Waals surface area contributed by atoms with E-state index in [2.05, 4.69) is 0 Å². The van der Waals surface area contributed by atoms with Crippen LogP contribution in [0.3, 0.4) is 0 Å². The predicted octanol–water partition coefficient (Wildman–Crippen LogP) is 0.208. The minimum Gasteiger partial charge on any atom is -0.508 e. The molecule has 1 heterocycles. The molecular formula is C25H26O14. The first-order valence-electron chi connectivity index (χ1n) is 11.5. The fourth-order valence-corrected chi connectivity index (χ4v) is 4.03. The van der Waals surface area contributed by atoms with Crippen molar-refractivity contribution >= 4 is 24.0 Å². The third-order valence-corrected chi connectivity index (χ3v) is 5.98. The molecule has 210 valence electrons. The number of hydrogen-bond acceptors (Lipinski definition) is 11. The van der Waals surface area contributed by atoms with Gasteiger partial charge in [-0.25, -0.2) is 0 Å². The summed E-state index contributed by atoms with van der Waals surface area (Å²) in [6.45, 7) is -1.08. The first-order valence-corrected chi connectivity index (χ1v) is 11.5.